The van der Waals surface area contributed by atoms with Crippen molar-refractivity contribution in [2.24, 2.45) is 10.4 Å². The largest absolute Gasteiger partial charge is 0.265 e. The lowest BCUT2D eigenvalue weighted by molar-refractivity contribution is 0.500. The maximum atomic E-state index is 4.17. The summed E-state index contributed by atoms with van der Waals surface area (Å²) in [6.07, 6.45) is 1.79. The second kappa shape index (κ2) is 3.81. The molecule has 0 N–H and O–H groups in total. The van der Waals surface area contributed by atoms with E-state index in [1.165, 1.54) is 0 Å². The Balaban J connectivity index is 4.39. The van der Waals surface area contributed by atoms with Crippen LogP contribution in [0.2, 0.25) is 0 Å². The predicted molar refractivity (Wildman–Crippen MR) is 50.7 cm³/mol. The van der Waals surface area contributed by atoms with Crippen molar-refractivity contribution >= 4 is 18.8 Å². The first kappa shape index (κ1) is 9.76. The van der Waals surface area contributed by atoms with E-state index in [-0.39, 0.29) is 5.41 Å². The van der Waals surface area contributed by atoms with Crippen molar-refractivity contribution in [3.8, 4) is 0 Å². The summed E-state index contributed by atoms with van der Waals surface area (Å²) in [4.78, 5) is 4.17. The van der Waals surface area contributed by atoms with Crippen molar-refractivity contribution in [2.75, 3.05) is 0 Å². The average molecular weight is 157 g/mol. The molecule has 0 aromatic carbocycles. The Hall–Kier alpha value is -0.240. The van der Waals surface area contributed by atoms with Crippen LogP contribution >= 0.6 is 12.6 Å². The molecular formula is C8H15NS. The van der Waals surface area contributed by atoms with Crippen LogP contribution in [-0.2, 0) is 0 Å². The molecule has 0 heterocycles. The van der Waals surface area contributed by atoms with E-state index in [4.69, 9.17) is 0 Å². The zero-order valence-corrected chi connectivity index (χ0v) is 7.94. The van der Waals surface area contributed by atoms with E-state index in [2.05, 4.69) is 38.4 Å². The monoisotopic (exact) mass is 157 g/mol. The standard InChI is InChI=1S/C8H15NS/c1-5-9-7(6-10)8(2,3)4/h5-6,10H,1-4H3/b7-6-,9-5-. The van der Waals surface area contributed by atoms with Crippen molar-refractivity contribution in [3.05, 3.63) is 11.1 Å². The minimum absolute atomic E-state index is 0.105. The molecule has 0 aromatic rings. The molecule has 0 bridgehead atoms. The van der Waals surface area contributed by atoms with Gasteiger partial charge in [-0.2, -0.15) is 0 Å². The zero-order valence-electron chi connectivity index (χ0n) is 7.05. The number of nitrogens with zero attached hydrogens (tertiary/aromatic N) is 1. The number of allylic oxidation sites excluding steroid dienone is 1. The second-order valence-electron chi connectivity index (χ2n) is 3.15. The Morgan fingerprint density at radius 3 is 2.00 bits per heavy atom. The van der Waals surface area contributed by atoms with Gasteiger partial charge in [-0.1, -0.05) is 20.8 Å². The zero-order chi connectivity index (χ0) is 8.20. The first-order chi connectivity index (χ1) is 4.52. The Kier molecular flexibility index (Phi) is 3.72. The van der Waals surface area contributed by atoms with Gasteiger partial charge in [0.2, 0.25) is 0 Å². The molecule has 0 saturated carbocycles. The van der Waals surface area contributed by atoms with E-state index in [9.17, 15) is 0 Å². The Morgan fingerprint density at radius 2 is 1.90 bits per heavy atom. The van der Waals surface area contributed by atoms with Crippen LogP contribution in [-0.4, -0.2) is 6.21 Å². The predicted octanol–water partition coefficient (Wildman–Crippen LogP) is 2.89. The van der Waals surface area contributed by atoms with Gasteiger partial charge in [0.25, 0.3) is 0 Å². The third kappa shape index (κ3) is 3.06. The van der Waals surface area contributed by atoms with Gasteiger partial charge in [0, 0.05) is 11.6 Å². The molecule has 0 fully saturated rings. The third-order valence-electron chi connectivity index (χ3n) is 1.16. The normalized spacial score (nSPS) is 14.7. The highest BCUT2D eigenvalue weighted by atomic mass is 32.1. The quantitative estimate of drug-likeness (QED) is 0.444. The number of hydrogen-bond acceptors (Lipinski definition) is 2. The average Bonchev–Trinajstić information content (AvgIpc) is 1.80. The lowest BCUT2D eigenvalue weighted by Crippen LogP contribution is -2.06. The van der Waals surface area contributed by atoms with Crippen LogP contribution in [0.25, 0.3) is 0 Å². The summed E-state index contributed by atoms with van der Waals surface area (Å²) in [6.45, 7) is 8.25. The molecule has 0 amide bonds. The molecule has 58 valence electrons. The highest BCUT2D eigenvalue weighted by Gasteiger charge is 2.14. The molecule has 0 unspecified atom stereocenters. The van der Waals surface area contributed by atoms with Crippen LogP contribution in [0.4, 0.5) is 0 Å². The van der Waals surface area contributed by atoms with Crippen LogP contribution in [0.15, 0.2) is 16.1 Å². The maximum Gasteiger partial charge on any atom is 0.0513 e. The summed E-state index contributed by atoms with van der Waals surface area (Å²) < 4.78 is 0. The Labute approximate surface area is 68.7 Å². The maximum absolute atomic E-state index is 4.17. The second-order valence-corrected chi connectivity index (χ2v) is 3.41. The van der Waals surface area contributed by atoms with E-state index in [0.29, 0.717) is 0 Å². The molecule has 0 aliphatic heterocycles. The van der Waals surface area contributed by atoms with Gasteiger partial charge in [0.1, 0.15) is 0 Å². The van der Waals surface area contributed by atoms with Crippen molar-refractivity contribution in [1.29, 1.82) is 0 Å². The Morgan fingerprint density at radius 1 is 1.40 bits per heavy atom. The van der Waals surface area contributed by atoms with Crippen LogP contribution in [0.3, 0.4) is 0 Å². The lowest BCUT2D eigenvalue weighted by Gasteiger charge is -2.17. The van der Waals surface area contributed by atoms with Crippen LogP contribution in [0.1, 0.15) is 27.7 Å². The molecule has 0 spiro atoms. The van der Waals surface area contributed by atoms with Gasteiger partial charge >= 0.3 is 0 Å². The van der Waals surface area contributed by atoms with Crippen molar-refractivity contribution in [2.45, 2.75) is 27.7 Å². The van der Waals surface area contributed by atoms with Crippen LogP contribution in [0, 0.1) is 5.41 Å². The molecule has 1 nitrogen and oxygen atoms in total. The van der Waals surface area contributed by atoms with E-state index < -0.39 is 0 Å². The van der Waals surface area contributed by atoms with Gasteiger partial charge in [-0.25, -0.2) is 0 Å². The van der Waals surface area contributed by atoms with Gasteiger partial charge in [-0.05, 0) is 12.3 Å². The number of hydrogen-bond donors (Lipinski definition) is 1. The molecule has 0 aliphatic rings. The SMILES string of the molecule is C/C=N\C(=C/S)C(C)(C)C. The van der Waals surface area contributed by atoms with E-state index in [0.717, 1.165) is 5.70 Å². The highest BCUT2D eigenvalue weighted by molar-refractivity contribution is 7.83. The molecule has 0 saturated heterocycles. The smallest absolute Gasteiger partial charge is 0.0513 e. The molecule has 0 rings (SSSR count). The summed E-state index contributed by atoms with van der Waals surface area (Å²) >= 11 is 4.07. The first-order valence-corrected chi connectivity index (χ1v) is 3.87. The third-order valence-corrected chi connectivity index (χ3v) is 1.40. The minimum Gasteiger partial charge on any atom is -0.265 e. The number of aliphatic imine (C=N–C) groups is 1. The van der Waals surface area contributed by atoms with Crippen molar-refractivity contribution < 1.29 is 0 Å². The summed E-state index contributed by atoms with van der Waals surface area (Å²) in [6, 6.07) is 0. The molecule has 0 aliphatic carbocycles. The molecule has 10 heavy (non-hydrogen) atoms. The van der Waals surface area contributed by atoms with Crippen LogP contribution in [0.5, 0.6) is 0 Å². The summed E-state index contributed by atoms with van der Waals surface area (Å²) in [5, 5.41) is 1.75. The van der Waals surface area contributed by atoms with E-state index in [1.54, 1.807) is 11.6 Å². The van der Waals surface area contributed by atoms with Gasteiger partial charge in [-0.3, -0.25) is 4.99 Å². The van der Waals surface area contributed by atoms with Crippen LogP contribution < -0.4 is 0 Å². The highest BCUT2D eigenvalue weighted by Crippen LogP contribution is 2.26. The minimum atomic E-state index is 0.105. The van der Waals surface area contributed by atoms with Crippen molar-refractivity contribution in [3.63, 3.8) is 0 Å². The van der Waals surface area contributed by atoms with Crippen molar-refractivity contribution in [1.82, 2.24) is 0 Å². The molecule has 2 heteroatoms. The first-order valence-electron chi connectivity index (χ1n) is 3.36. The summed E-state index contributed by atoms with van der Waals surface area (Å²) in [7, 11) is 0. The molecule has 0 aromatic heterocycles. The van der Waals surface area contributed by atoms with Gasteiger partial charge in [0.05, 0.1) is 5.70 Å². The van der Waals surface area contributed by atoms with Gasteiger partial charge in [-0.15, -0.1) is 12.6 Å². The van der Waals surface area contributed by atoms with Gasteiger partial charge in [0.15, 0.2) is 0 Å². The fraction of sp³-hybridized carbons (Fsp3) is 0.625. The Bertz CT molecular complexity index is 151. The summed E-state index contributed by atoms with van der Waals surface area (Å²) in [5.74, 6) is 0. The van der Waals surface area contributed by atoms with E-state index >= 15 is 0 Å². The number of thiol groups is 1. The summed E-state index contributed by atoms with van der Waals surface area (Å²) in [5.41, 5.74) is 1.12. The molecule has 0 atom stereocenters. The lowest BCUT2D eigenvalue weighted by atomic mass is 9.93. The molecule has 0 radical (unpaired) electrons. The van der Waals surface area contributed by atoms with E-state index in [1.807, 2.05) is 6.92 Å². The fourth-order valence-electron chi connectivity index (χ4n) is 0.560. The van der Waals surface area contributed by atoms with Gasteiger partial charge < -0.3 is 0 Å². The fourth-order valence-corrected chi connectivity index (χ4v) is 1.01. The molecular weight excluding hydrogens is 142 g/mol. The number of rotatable bonds is 1. The topological polar surface area (TPSA) is 12.4 Å².